The number of aryl methyl sites for hydroxylation is 1. The van der Waals surface area contributed by atoms with Gasteiger partial charge in [-0.3, -0.25) is 14.9 Å². The zero-order valence-electron chi connectivity index (χ0n) is 9.63. The van der Waals surface area contributed by atoms with Crippen molar-refractivity contribution in [2.24, 2.45) is 0 Å². The second-order valence-electron chi connectivity index (χ2n) is 3.33. The molecule has 0 atom stereocenters. The number of carbonyl (C=O) groups excluding carboxylic acids is 1. The van der Waals surface area contributed by atoms with Crippen molar-refractivity contribution < 1.29 is 19.2 Å². The van der Waals surface area contributed by atoms with Crippen molar-refractivity contribution in [3.63, 3.8) is 0 Å². The summed E-state index contributed by atoms with van der Waals surface area (Å²) in [6.07, 6.45) is 0.352. The quantitative estimate of drug-likeness (QED) is 0.444. The van der Waals surface area contributed by atoms with Gasteiger partial charge in [0.25, 0.3) is 5.69 Å². The Morgan fingerprint density at radius 1 is 1.41 bits per heavy atom. The summed E-state index contributed by atoms with van der Waals surface area (Å²) < 4.78 is 9.47. The molecule has 1 aromatic rings. The van der Waals surface area contributed by atoms with E-state index in [0.29, 0.717) is 11.3 Å². The topological polar surface area (TPSA) is 78.7 Å². The zero-order chi connectivity index (χ0) is 12.8. The van der Waals surface area contributed by atoms with Gasteiger partial charge in [0, 0.05) is 18.1 Å². The van der Waals surface area contributed by atoms with Crippen LogP contribution < -0.4 is 4.74 Å². The maximum absolute atomic E-state index is 11.0. The average Bonchev–Trinajstić information content (AvgIpc) is 2.35. The van der Waals surface area contributed by atoms with E-state index in [0.717, 1.165) is 0 Å². The van der Waals surface area contributed by atoms with Gasteiger partial charge >= 0.3 is 5.97 Å². The van der Waals surface area contributed by atoms with Crippen LogP contribution in [0.1, 0.15) is 12.0 Å². The lowest BCUT2D eigenvalue weighted by Gasteiger charge is -2.05. The Balaban J connectivity index is 2.93. The maximum atomic E-state index is 11.0. The van der Waals surface area contributed by atoms with Crippen molar-refractivity contribution in [2.75, 3.05) is 14.2 Å². The summed E-state index contributed by atoms with van der Waals surface area (Å²) >= 11 is 0. The highest BCUT2D eigenvalue weighted by molar-refractivity contribution is 5.69. The van der Waals surface area contributed by atoms with Gasteiger partial charge in [-0.1, -0.05) is 0 Å². The van der Waals surface area contributed by atoms with Gasteiger partial charge in [-0.05, 0) is 18.6 Å². The van der Waals surface area contributed by atoms with Gasteiger partial charge in [-0.2, -0.15) is 0 Å². The smallest absolute Gasteiger partial charge is 0.305 e. The number of nitro groups is 1. The number of hydrogen-bond donors (Lipinski definition) is 0. The fraction of sp³-hybridized carbons (Fsp3) is 0.364. The van der Waals surface area contributed by atoms with Crippen molar-refractivity contribution in [3.8, 4) is 5.75 Å². The second kappa shape index (κ2) is 5.83. The Morgan fingerprint density at radius 2 is 2.12 bits per heavy atom. The first-order valence-corrected chi connectivity index (χ1v) is 4.96. The van der Waals surface area contributed by atoms with E-state index in [1.54, 1.807) is 6.07 Å². The second-order valence-corrected chi connectivity index (χ2v) is 3.33. The van der Waals surface area contributed by atoms with Crippen LogP contribution in [0.4, 0.5) is 5.69 Å². The minimum atomic E-state index is -0.480. The number of esters is 1. The van der Waals surface area contributed by atoms with Crippen LogP contribution >= 0.6 is 0 Å². The highest BCUT2D eigenvalue weighted by atomic mass is 16.6. The predicted molar refractivity (Wildman–Crippen MR) is 60.0 cm³/mol. The van der Waals surface area contributed by atoms with Crippen molar-refractivity contribution in [1.29, 1.82) is 0 Å². The van der Waals surface area contributed by atoms with E-state index in [9.17, 15) is 14.9 Å². The summed E-state index contributed by atoms with van der Waals surface area (Å²) in [5, 5.41) is 10.8. The Kier molecular flexibility index (Phi) is 4.45. The molecule has 0 bridgehead atoms. The molecule has 0 saturated heterocycles. The van der Waals surface area contributed by atoms with Gasteiger partial charge in [0.2, 0.25) is 0 Å². The molecule has 0 heterocycles. The molecule has 0 spiro atoms. The number of methoxy groups -OCH3 is 2. The van der Waals surface area contributed by atoms with Crippen LogP contribution in [-0.2, 0) is 16.0 Å². The third kappa shape index (κ3) is 3.44. The highest BCUT2D eigenvalue weighted by Crippen LogP contribution is 2.25. The molecule has 0 amide bonds. The number of rotatable bonds is 5. The fourth-order valence-electron chi connectivity index (χ4n) is 1.41. The molecule has 0 saturated carbocycles. The fourth-order valence-corrected chi connectivity index (χ4v) is 1.41. The molecule has 1 rings (SSSR count). The molecular weight excluding hydrogens is 226 g/mol. The van der Waals surface area contributed by atoms with Gasteiger partial charge in [-0.25, -0.2) is 0 Å². The van der Waals surface area contributed by atoms with Gasteiger partial charge in [-0.15, -0.1) is 0 Å². The minimum Gasteiger partial charge on any atom is -0.497 e. The summed E-state index contributed by atoms with van der Waals surface area (Å²) in [4.78, 5) is 21.3. The average molecular weight is 239 g/mol. The molecule has 0 N–H and O–H groups in total. The molecule has 6 heteroatoms. The van der Waals surface area contributed by atoms with Crippen molar-refractivity contribution in [2.45, 2.75) is 12.8 Å². The number of nitro benzene ring substituents is 1. The molecule has 0 aliphatic heterocycles. The standard InChI is InChI=1S/C11H13NO5/c1-16-9-4-5-10(12(14)15)8(7-9)3-6-11(13)17-2/h4-5,7H,3,6H2,1-2H3. The van der Waals surface area contributed by atoms with Gasteiger partial charge in [0.15, 0.2) is 0 Å². The van der Waals surface area contributed by atoms with E-state index < -0.39 is 10.9 Å². The largest absolute Gasteiger partial charge is 0.497 e. The molecule has 92 valence electrons. The monoisotopic (exact) mass is 239 g/mol. The Hall–Kier alpha value is -2.11. The van der Waals surface area contributed by atoms with Crippen molar-refractivity contribution >= 4 is 11.7 Å². The Labute approximate surface area is 98.3 Å². The summed E-state index contributed by atoms with van der Waals surface area (Å²) in [5.41, 5.74) is 0.439. The molecule has 0 aromatic heterocycles. The Bertz CT molecular complexity index is 430. The number of ether oxygens (including phenoxy) is 2. The first-order valence-electron chi connectivity index (χ1n) is 4.96. The maximum Gasteiger partial charge on any atom is 0.305 e. The molecule has 0 unspecified atom stereocenters. The molecule has 0 radical (unpaired) electrons. The van der Waals surface area contributed by atoms with Crippen molar-refractivity contribution in [3.05, 3.63) is 33.9 Å². The third-order valence-corrected chi connectivity index (χ3v) is 2.31. The van der Waals surface area contributed by atoms with E-state index in [1.807, 2.05) is 0 Å². The van der Waals surface area contributed by atoms with Crippen LogP contribution in [0.15, 0.2) is 18.2 Å². The van der Waals surface area contributed by atoms with Gasteiger partial charge in [0.05, 0.1) is 19.1 Å². The molecule has 0 aliphatic carbocycles. The molecule has 1 aromatic carbocycles. The van der Waals surface area contributed by atoms with Gasteiger partial charge in [0.1, 0.15) is 5.75 Å². The highest BCUT2D eigenvalue weighted by Gasteiger charge is 2.15. The van der Waals surface area contributed by atoms with Crippen LogP contribution in [0.25, 0.3) is 0 Å². The van der Waals surface area contributed by atoms with Crippen LogP contribution in [0.3, 0.4) is 0 Å². The van der Waals surface area contributed by atoms with Crippen LogP contribution in [-0.4, -0.2) is 25.1 Å². The zero-order valence-corrected chi connectivity index (χ0v) is 9.63. The van der Waals surface area contributed by atoms with Crippen LogP contribution in [0.5, 0.6) is 5.75 Å². The van der Waals surface area contributed by atoms with E-state index in [4.69, 9.17) is 4.74 Å². The minimum absolute atomic E-state index is 0.0188. The molecule has 6 nitrogen and oxygen atoms in total. The number of nitrogens with zero attached hydrogens (tertiary/aromatic N) is 1. The van der Waals surface area contributed by atoms with Crippen molar-refractivity contribution in [1.82, 2.24) is 0 Å². The van der Waals surface area contributed by atoms with Crippen LogP contribution in [0, 0.1) is 10.1 Å². The number of hydrogen-bond acceptors (Lipinski definition) is 5. The number of benzene rings is 1. The predicted octanol–water partition coefficient (Wildman–Crippen LogP) is 1.71. The lowest BCUT2D eigenvalue weighted by Crippen LogP contribution is -2.04. The first kappa shape index (κ1) is 13.0. The molecule has 0 aliphatic rings. The lowest BCUT2D eigenvalue weighted by molar-refractivity contribution is -0.385. The SMILES string of the molecule is COC(=O)CCc1cc(OC)ccc1[N+](=O)[O-]. The summed E-state index contributed by atoms with van der Waals surface area (Å²) in [5.74, 6) is 0.123. The summed E-state index contributed by atoms with van der Waals surface area (Å²) in [7, 11) is 2.76. The normalized spacial score (nSPS) is 9.76. The molecular formula is C11H13NO5. The Morgan fingerprint density at radius 3 is 2.65 bits per heavy atom. The van der Waals surface area contributed by atoms with E-state index >= 15 is 0 Å². The lowest BCUT2D eigenvalue weighted by atomic mass is 10.1. The summed E-state index contributed by atoms with van der Waals surface area (Å²) in [6.45, 7) is 0. The third-order valence-electron chi connectivity index (χ3n) is 2.31. The first-order chi connectivity index (χ1) is 8.08. The number of carbonyl (C=O) groups is 1. The van der Waals surface area contributed by atoms with E-state index in [1.165, 1.54) is 26.4 Å². The van der Waals surface area contributed by atoms with E-state index in [2.05, 4.69) is 4.74 Å². The van der Waals surface area contributed by atoms with Crippen LogP contribution in [0.2, 0.25) is 0 Å². The summed E-state index contributed by atoms with van der Waals surface area (Å²) in [6, 6.07) is 4.44. The molecule has 17 heavy (non-hydrogen) atoms. The van der Waals surface area contributed by atoms with Gasteiger partial charge < -0.3 is 9.47 Å². The molecule has 0 fully saturated rings. The van der Waals surface area contributed by atoms with E-state index in [-0.39, 0.29) is 18.5 Å².